The molecule has 9 nitrogen and oxygen atoms in total. The topological polar surface area (TPSA) is 135 Å². The summed E-state index contributed by atoms with van der Waals surface area (Å²) < 4.78 is 9.11. The highest BCUT2D eigenvalue weighted by molar-refractivity contribution is 5.98. The number of amidine groups is 1. The number of benzene rings is 1. The molecule has 0 aliphatic carbocycles. The number of nitrogens with two attached hydrogens (primary N) is 1. The number of cyclic esters (lactones) is 1. The van der Waals surface area contributed by atoms with E-state index in [0.717, 1.165) is 0 Å². The molecule has 1 aromatic rings. The molecule has 0 spiro atoms. The molecule has 1 heterocycles. The van der Waals surface area contributed by atoms with Crippen molar-refractivity contribution < 1.29 is 29.4 Å². The molecule has 0 radical (unpaired) electrons. The first-order chi connectivity index (χ1) is 9.51. The number of carbonyl (C=O) groups excluding carboxylic acids is 1. The van der Waals surface area contributed by atoms with Crippen molar-refractivity contribution >= 4 is 23.8 Å². The number of anilines is 1. The van der Waals surface area contributed by atoms with Gasteiger partial charge >= 0.3 is 12.2 Å². The van der Waals surface area contributed by atoms with Crippen molar-refractivity contribution in [2.45, 2.75) is 6.29 Å². The van der Waals surface area contributed by atoms with Gasteiger partial charge in [-0.3, -0.25) is 4.90 Å². The first kappa shape index (κ1) is 13.5. The van der Waals surface area contributed by atoms with E-state index in [0.29, 0.717) is 11.3 Å². The summed E-state index contributed by atoms with van der Waals surface area (Å²) in [5, 5.41) is 19.8. The Kier molecular flexibility index (Phi) is 3.60. The Morgan fingerprint density at radius 3 is 2.65 bits per heavy atom. The fourth-order valence-corrected chi connectivity index (χ4v) is 1.69. The molecule has 0 aromatic heterocycles. The second kappa shape index (κ2) is 5.34. The Balaban J connectivity index is 2.12. The quantitative estimate of drug-likeness (QED) is 0.245. The van der Waals surface area contributed by atoms with E-state index in [1.807, 2.05) is 0 Å². The fraction of sp³-hybridized carbons (Fsp3) is 0.182. The predicted octanol–water partition coefficient (Wildman–Crippen LogP) is 0.758. The van der Waals surface area contributed by atoms with Gasteiger partial charge in [0.25, 0.3) is 6.29 Å². The molecule has 0 bridgehead atoms. The van der Waals surface area contributed by atoms with Crippen LogP contribution in [0.1, 0.15) is 5.56 Å². The zero-order chi connectivity index (χ0) is 14.7. The van der Waals surface area contributed by atoms with Gasteiger partial charge in [0.2, 0.25) is 0 Å². The SMILES string of the molecule is NC(=NO)c1ccc(N2CC(OC(=O)O)OC2=O)cc1. The molecule has 1 saturated heterocycles. The number of carboxylic acid groups (broad SMARTS) is 1. The molecule has 4 N–H and O–H groups in total. The number of amides is 1. The third kappa shape index (κ3) is 2.71. The number of hydrogen-bond acceptors (Lipinski definition) is 6. The first-order valence-corrected chi connectivity index (χ1v) is 5.47. The number of carbonyl (C=O) groups is 2. The van der Waals surface area contributed by atoms with Crippen molar-refractivity contribution in [3.05, 3.63) is 29.8 Å². The molecule has 1 aliphatic heterocycles. The molecular formula is C11H11N3O6. The standard InChI is InChI=1S/C11H11N3O6/c12-9(13-18)6-1-3-7(4-2-6)14-5-8(19-10(14)15)20-11(16)17/h1-4,8,18H,5H2,(H2,12,13)(H,16,17). The van der Waals surface area contributed by atoms with Crippen LogP contribution in [-0.2, 0) is 9.47 Å². The van der Waals surface area contributed by atoms with E-state index in [2.05, 4.69) is 9.89 Å². The molecule has 1 unspecified atom stereocenters. The van der Waals surface area contributed by atoms with E-state index in [-0.39, 0.29) is 12.4 Å². The Morgan fingerprint density at radius 1 is 1.45 bits per heavy atom. The van der Waals surface area contributed by atoms with Crippen LogP contribution < -0.4 is 10.6 Å². The van der Waals surface area contributed by atoms with E-state index in [1.54, 1.807) is 24.3 Å². The molecule has 1 amide bonds. The normalized spacial score (nSPS) is 18.8. The highest BCUT2D eigenvalue weighted by Crippen LogP contribution is 2.22. The van der Waals surface area contributed by atoms with E-state index in [9.17, 15) is 9.59 Å². The monoisotopic (exact) mass is 281 g/mol. The van der Waals surface area contributed by atoms with Crippen LogP contribution in [0.15, 0.2) is 29.4 Å². The second-order valence-electron chi connectivity index (χ2n) is 3.84. The smallest absolute Gasteiger partial charge is 0.450 e. The summed E-state index contributed by atoms with van der Waals surface area (Å²) in [6, 6.07) is 6.20. The van der Waals surface area contributed by atoms with Crippen molar-refractivity contribution in [3.8, 4) is 0 Å². The number of ether oxygens (including phenoxy) is 2. The lowest BCUT2D eigenvalue weighted by Crippen LogP contribution is -2.26. The van der Waals surface area contributed by atoms with E-state index in [4.69, 9.17) is 20.8 Å². The van der Waals surface area contributed by atoms with Crippen molar-refractivity contribution in [1.82, 2.24) is 0 Å². The van der Waals surface area contributed by atoms with Gasteiger partial charge in [-0.25, -0.2) is 9.59 Å². The van der Waals surface area contributed by atoms with Crippen LogP contribution in [0.3, 0.4) is 0 Å². The number of hydrogen-bond donors (Lipinski definition) is 3. The van der Waals surface area contributed by atoms with Gasteiger partial charge in [-0.1, -0.05) is 5.16 Å². The van der Waals surface area contributed by atoms with Gasteiger partial charge in [0.1, 0.15) is 6.54 Å². The van der Waals surface area contributed by atoms with E-state index in [1.165, 1.54) is 4.90 Å². The molecular weight excluding hydrogens is 270 g/mol. The fourth-order valence-electron chi connectivity index (χ4n) is 1.69. The third-order valence-corrected chi connectivity index (χ3v) is 2.60. The molecule has 106 valence electrons. The van der Waals surface area contributed by atoms with E-state index < -0.39 is 18.5 Å². The summed E-state index contributed by atoms with van der Waals surface area (Å²) >= 11 is 0. The lowest BCUT2D eigenvalue weighted by atomic mass is 10.2. The highest BCUT2D eigenvalue weighted by atomic mass is 16.8. The number of oxime groups is 1. The van der Waals surface area contributed by atoms with Gasteiger partial charge in [0.05, 0.1) is 0 Å². The summed E-state index contributed by atoms with van der Waals surface area (Å²) in [4.78, 5) is 23.2. The zero-order valence-electron chi connectivity index (χ0n) is 10.1. The molecule has 0 saturated carbocycles. The van der Waals surface area contributed by atoms with Gasteiger partial charge in [-0.2, -0.15) is 0 Å². The van der Waals surface area contributed by atoms with Gasteiger partial charge in [-0.05, 0) is 24.3 Å². The largest absolute Gasteiger partial charge is 0.508 e. The van der Waals surface area contributed by atoms with Crippen LogP contribution in [0.2, 0.25) is 0 Å². The summed E-state index contributed by atoms with van der Waals surface area (Å²) in [7, 11) is 0. The van der Waals surface area contributed by atoms with Crippen molar-refractivity contribution in [2.75, 3.05) is 11.4 Å². The molecule has 2 rings (SSSR count). The molecule has 20 heavy (non-hydrogen) atoms. The average Bonchev–Trinajstić information content (AvgIpc) is 2.78. The lowest BCUT2D eigenvalue weighted by Gasteiger charge is -2.12. The maximum Gasteiger partial charge on any atom is 0.508 e. The molecule has 1 fully saturated rings. The maximum atomic E-state index is 11.6. The van der Waals surface area contributed by atoms with Crippen LogP contribution in [0.4, 0.5) is 15.3 Å². The molecule has 9 heteroatoms. The van der Waals surface area contributed by atoms with Crippen LogP contribution in [0, 0.1) is 0 Å². The number of nitrogens with zero attached hydrogens (tertiary/aromatic N) is 2. The predicted molar refractivity (Wildman–Crippen MR) is 65.7 cm³/mol. The Labute approximate surface area is 112 Å². The Hall–Kier alpha value is -2.97. The number of rotatable bonds is 3. The average molecular weight is 281 g/mol. The Bertz CT molecular complexity index is 556. The maximum absolute atomic E-state index is 11.6. The van der Waals surface area contributed by atoms with Gasteiger partial charge in [0, 0.05) is 11.3 Å². The minimum Gasteiger partial charge on any atom is -0.450 e. The molecule has 1 aromatic carbocycles. The molecule has 1 atom stereocenters. The van der Waals surface area contributed by atoms with Gasteiger partial charge in [-0.15, -0.1) is 0 Å². The van der Waals surface area contributed by atoms with Crippen molar-refractivity contribution in [1.29, 1.82) is 0 Å². The van der Waals surface area contributed by atoms with Crippen molar-refractivity contribution in [2.24, 2.45) is 10.9 Å². The highest BCUT2D eigenvalue weighted by Gasteiger charge is 2.34. The van der Waals surface area contributed by atoms with Crippen LogP contribution >= 0.6 is 0 Å². The third-order valence-electron chi connectivity index (χ3n) is 2.60. The van der Waals surface area contributed by atoms with Gasteiger partial charge in [0.15, 0.2) is 5.84 Å². The van der Waals surface area contributed by atoms with Crippen LogP contribution in [-0.4, -0.2) is 41.2 Å². The molecule has 1 aliphatic rings. The zero-order valence-corrected chi connectivity index (χ0v) is 10.1. The lowest BCUT2D eigenvalue weighted by molar-refractivity contribution is -0.0491. The van der Waals surface area contributed by atoms with E-state index >= 15 is 0 Å². The summed E-state index contributed by atoms with van der Waals surface area (Å²) in [5.41, 5.74) is 6.36. The summed E-state index contributed by atoms with van der Waals surface area (Å²) in [6.45, 7) is -0.0476. The minimum absolute atomic E-state index is 0.0476. The second-order valence-corrected chi connectivity index (χ2v) is 3.84. The van der Waals surface area contributed by atoms with Crippen LogP contribution in [0.25, 0.3) is 0 Å². The Morgan fingerprint density at radius 2 is 2.10 bits per heavy atom. The summed E-state index contributed by atoms with van der Waals surface area (Å²) in [6.07, 6.45) is -3.40. The van der Waals surface area contributed by atoms with Gasteiger partial charge < -0.3 is 25.5 Å². The minimum atomic E-state index is -1.52. The van der Waals surface area contributed by atoms with Crippen molar-refractivity contribution in [3.63, 3.8) is 0 Å². The summed E-state index contributed by atoms with van der Waals surface area (Å²) in [5.74, 6) is -0.0624. The first-order valence-electron chi connectivity index (χ1n) is 5.47. The van der Waals surface area contributed by atoms with Crippen LogP contribution in [0.5, 0.6) is 0 Å².